The molecule has 1 fully saturated rings. The molecule has 0 aromatic heterocycles. The number of hydrogen-bond donors (Lipinski definition) is 1. The van der Waals surface area contributed by atoms with Crippen molar-refractivity contribution in [2.24, 2.45) is 11.8 Å². The number of nitrogens with one attached hydrogen (secondary N) is 1. The summed E-state index contributed by atoms with van der Waals surface area (Å²) in [5, 5.41) is 3.67. The van der Waals surface area contributed by atoms with E-state index in [2.05, 4.69) is 26.1 Å². The van der Waals surface area contributed by atoms with Crippen LogP contribution < -0.4 is 5.32 Å². The number of rotatable bonds is 3. The van der Waals surface area contributed by atoms with Gasteiger partial charge in [-0.05, 0) is 31.2 Å². The third-order valence-electron chi connectivity index (χ3n) is 2.90. The van der Waals surface area contributed by atoms with Gasteiger partial charge in [0.25, 0.3) is 0 Å². The van der Waals surface area contributed by atoms with Crippen LogP contribution in [0.15, 0.2) is 0 Å². The van der Waals surface area contributed by atoms with Crippen molar-refractivity contribution in [3.05, 3.63) is 0 Å². The maximum Gasteiger partial charge on any atom is 0.00928 e. The van der Waals surface area contributed by atoms with E-state index in [0.717, 1.165) is 17.9 Å². The molecule has 1 saturated carbocycles. The fourth-order valence-corrected chi connectivity index (χ4v) is 2.01. The Morgan fingerprint density at radius 3 is 2.50 bits per heavy atom. The maximum absolute atomic E-state index is 3.67. The zero-order chi connectivity index (χ0) is 8.97. The van der Waals surface area contributed by atoms with Crippen LogP contribution in [0.1, 0.15) is 46.5 Å². The molecule has 1 N–H and O–H groups in total. The van der Waals surface area contributed by atoms with E-state index in [1.165, 1.54) is 32.2 Å². The lowest BCUT2D eigenvalue weighted by Gasteiger charge is -2.30. The molecular formula is C11H23N. The molecule has 12 heavy (non-hydrogen) atoms. The molecule has 0 bridgehead atoms. The van der Waals surface area contributed by atoms with Crippen molar-refractivity contribution in [1.82, 2.24) is 5.32 Å². The van der Waals surface area contributed by atoms with Gasteiger partial charge in [0.2, 0.25) is 0 Å². The molecule has 0 radical (unpaired) electrons. The van der Waals surface area contributed by atoms with Crippen molar-refractivity contribution < 1.29 is 0 Å². The highest BCUT2D eigenvalue weighted by atomic mass is 14.9. The van der Waals surface area contributed by atoms with E-state index >= 15 is 0 Å². The largest absolute Gasteiger partial charge is 0.313 e. The first-order valence-corrected chi connectivity index (χ1v) is 5.43. The predicted molar refractivity (Wildman–Crippen MR) is 54.3 cm³/mol. The summed E-state index contributed by atoms with van der Waals surface area (Å²) in [4.78, 5) is 0. The minimum atomic E-state index is 0.791. The minimum absolute atomic E-state index is 0.791. The van der Waals surface area contributed by atoms with Gasteiger partial charge in [-0.3, -0.25) is 0 Å². The predicted octanol–water partition coefficient (Wildman–Crippen LogP) is 2.81. The average molecular weight is 169 g/mol. The maximum atomic E-state index is 3.67. The second-order valence-electron chi connectivity index (χ2n) is 4.67. The Morgan fingerprint density at radius 2 is 1.92 bits per heavy atom. The molecule has 0 unspecified atom stereocenters. The van der Waals surface area contributed by atoms with Gasteiger partial charge < -0.3 is 5.32 Å². The third kappa shape index (κ3) is 3.14. The normalized spacial score (nSPS) is 31.0. The van der Waals surface area contributed by atoms with Crippen molar-refractivity contribution in [3.8, 4) is 0 Å². The Bertz CT molecular complexity index is 120. The Hall–Kier alpha value is -0.0400. The molecule has 72 valence electrons. The van der Waals surface area contributed by atoms with Gasteiger partial charge in [0, 0.05) is 6.04 Å². The van der Waals surface area contributed by atoms with Gasteiger partial charge in [-0.15, -0.1) is 0 Å². The molecule has 1 heteroatoms. The summed E-state index contributed by atoms with van der Waals surface area (Å²) >= 11 is 0. The molecule has 0 amide bonds. The van der Waals surface area contributed by atoms with Gasteiger partial charge >= 0.3 is 0 Å². The summed E-state index contributed by atoms with van der Waals surface area (Å²) in [6, 6.07) is 0.807. The Balaban J connectivity index is 2.20. The van der Waals surface area contributed by atoms with Crippen molar-refractivity contribution in [3.63, 3.8) is 0 Å². The van der Waals surface area contributed by atoms with Crippen LogP contribution in [-0.4, -0.2) is 12.6 Å². The summed E-state index contributed by atoms with van der Waals surface area (Å²) in [5.74, 6) is 1.69. The van der Waals surface area contributed by atoms with Crippen molar-refractivity contribution in [1.29, 1.82) is 0 Å². The fourth-order valence-electron chi connectivity index (χ4n) is 2.01. The molecule has 0 spiro atoms. The van der Waals surface area contributed by atoms with Gasteiger partial charge in [-0.2, -0.15) is 0 Å². The van der Waals surface area contributed by atoms with Crippen LogP contribution in [0.5, 0.6) is 0 Å². The first-order valence-electron chi connectivity index (χ1n) is 5.43. The van der Waals surface area contributed by atoms with E-state index in [1.54, 1.807) is 0 Å². The quantitative estimate of drug-likeness (QED) is 0.685. The second-order valence-corrected chi connectivity index (χ2v) is 4.67. The summed E-state index contributed by atoms with van der Waals surface area (Å²) in [5.41, 5.74) is 0. The molecule has 1 aliphatic carbocycles. The summed E-state index contributed by atoms with van der Waals surface area (Å²) in [6.07, 6.45) is 5.70. The fraction of sp³-hybridized carbons (Fsp3) is 1.00. The second kappa shape index (κ2) is 4.86. The topological polar surface area (TPSA) is 12.0 Å². The molecule has 0 saturated heterocycles. The zero-order valence-electron chi connectivity index (χ0n) is 8.77. The van der Waals surface area contributed by atoms with Gasteiger partial charge in [0.1, 0.15) is 0 Å². The van der Waals surface area contributed by atoms with Crippen molar-refractivity contribution in [2.45, 2.75) is 52.5 Å². The Labute approximate surface area is 76.9 Å². The van der Waals surface area contributed by atoms with Crippen LogP contribution >= 0.6 is 0 Å². The van der Waals surface area contributed by atoms with Gasteiger partial charge in [-0.25, -0.2) is 0 Å². The molecule has 1 rings (SSSR count). The Morgan fingerprint density at radius 1 is 1.25 bits per heavy atom. The Kier molecular flexibility index (Phi) is 4.07. The molecule has 1 aliphatic rings. The van der Waals surface area contributed by atoms with Crippen molar-refractivity contribution >= 4 is 0 Å². The summed E-state index contributed by atoms with van der Waals surface area (Å²) in [7, 11) is 0. The highest BCUT2D eigenvalue weighted by Crippen LogP contribution is 2.23. The van der Waals surface area contributed by atoms with E-state index in [1.807, 2.05) is 0 Å². The van der Waals surface area contributed by atoms with Gasteiger partial charge in [0.15, 0.2) is 0 Å². The lowest BCUT2D eigenvalue weighted by atomic mass is 9.86. The summed E-state index contributed by atoms with van der Waals surface area (Å²) in [6.45, 7) is 8.13. The average Bonchev–Trinajstić information content (AvgIpc) is 2.03. The van der Waals surface area contributed by atoms with E-state index in [0.29, 0.717) is 0 Å². The molecule has 0 heterocycles. The highest BCUT2D eigenvalue weighted by molar-refractivity contribution is 4.78. The van der Waals surface area contributed by atoms with E-state index in [4.69, 9.17) is 0 Å². The summed E-state index contributed by atoms with van der Waals surface area (Å²) < 4.78 is 0. The van der Waals surface area contributed by atoms with Crippen LogP contribution in [0.4, 0.5) is 0 Å². The van der Waals surface area contributed by atoms with Crippen molar-refractivity contribution in [2.75, 3.05) is 6.54 Å². The zero-order valence-corrected chi connectivity index (χ0v) is 8.77. The monoisotopic (exact) mass is 169 g/mol. The standard InChI is InChI=1S/C11H23N/c1-9(2)8-12-11-7-5-4-6-10(11)3/h9-12H,4-8H2,1-3H3/t10-,11+/m0/s1. The lowest BCUT2D eigenvalue weighted by molar-refractivity contribution is 0.273. The SMILES string of the molecule is CC(C)CN[C@@H]1CCCC[C@@H]1C. The minimum Gasteiger partial charge on any atom is -0.313 e. The van der Waals surface area contributed by atoms with Crippen LogP contribution in [0.25, 0.3) is 0 Å². The lowest BCUT2D eigenvalue weighted by Crippen LogP contribution is -2.39. The third-order valence-corrected chi connectivity index (χ3v) is 2.90. The molecule has 0 aromatic rings. The number of hydrogen-bond acceptors (Lipinski definition) is 1. The highest BCUT2D eigenvalue weighted by Gasteiger charge is 2.20. The molecule has 0 aromatic carbocycles. The van der Waals surface area contributed by atoms with Gasteiger partial charge in [-0.1, -0.05) is 33.6 Å². The smallest absolute Gasteiger partial charge is 0.00928 e. The molecule has 0 aliphatic heterocycles. The molecule has 2 atom stereocenters. The van der Waals surface area contributed by atoms with Crippen LogP contribution in [0, 0.1) is 11.8 Å². The van der Waals surface area contributed by atoms with Crippen LogP contribution in [-0.2, 0) is 0 Å². The van der Waals surface area contributed by atoms with Crippen LogP contribution in [0.2, 0.25) is 0 Å². The van der Waals surface area contributed by atoms with E-state index in [-0.39, 0.29) is 0 Å². The van der Waals surface area contributed by atoms with E-state index in [9.17, 15) is 0 Å². The van der Waals surface area contributed by atoms with E-state index < -0.39 is 0 Å². The molecular weight excluding hydrogens is 146 g/mol. The molecule has 1 nitrogen and oxygen atoms in total. The first-order chi connectivity index (χ1) is 5.70. The van der Waals surface area contributed by atoms with Gasteiger partial charge in [0.05, 0.1) is 0 Å². The first kappa shape index (κ1) is 10.0. The van der Waals surface area contributed by atoms with Crippen LogP contribution in [0.3, 0.4) is 0 Å².